The van der Waals surface area contributed by atoms with Gasteiger partial charge in [-0.05, 0) is 16.0 Å². The molecule has 0 amide bonds. The lowest BCUT2D eigenvalue weighted by molar-refractivity contribution is 1.61. The van der Waals surface area contributed by atoms with Crippen molar-refractivity contribution < 1.29 is 0 Å². The van der Waals surface area contributed by atoms with E-state index < -0.39 is 14.8 Å². The standard InChI is InChI=1S/C26H25BrSi2/c1-28(23-14-6-2-7-15-23,24-16-8-3-9-17-24)22-29(27,25-18-10-4-11-19-25)26-20-12-5-13-21-26/h2-21H,22H2,1H3. The van der Waals surface area contributed by atoms with Crippen LogP contribution in [-0.4, -0.2) is 14.8 Å². The molecule has 0 aliphatic rings. The zero-order chi connectivity index (χ0) is 20.2. The van der Waals surface area contributed by atoms with Gasteiger partial charge in [-0.15, -0.1) is 15.3 Å². The molecule has 0 saturated carbocycles. The Balaban J connectivity index is 1.91. The molecule has 0 saturated heterocycles. The predicted molar refractivity (Wildman–Crippen MR) is 135 cm³/mol. The van der Waals surface area contributed by atoms with Crippen molar-refractivity contribution in [2.45, 2.75) is 12.2 Å². The average Bonchev–Trinajstić information content (AvgIpc) is 2.81. The van der Waals surface area contributed by atoms with Crippen molar-refractivity contribution in [1.82, 2.24) is 0 Å². The Bertz CT molecular complexity index is 869. The summed E-state index contributed by atoms with van der Waals surface area (Å²) in [6.07, 6.45) is 0. The van der Waals surface area contributed by atoms with E-state index in [1.165, 1.54) is 26.4 Å². The first-order valence-electron chi connectivity index (χ1n) is 10.0. The first-order chi connectivity index (χ1) is 14.1. The maximum absolute atomic E-state index is 4.41. The molecule has 0 aromatic heterocycles. The van der Waals surface area contributed by atoms with Gasteiger partial charge in [0.25, 0.3) is 0 Å². The molecule has 0 unspecified atom stereocenters. The quantitative estimate of drug-likeness (QED) is 0.284. The molecule has 0 fully saturated rings. The summed E-state index contributed by atoms with van der Waals surface area (Å²) in [5, 5.41) is 5.87. The fourth-order valence-electron chi connectivity index (χ4n) is 4.25. The zero-order valence-corrected chi connectivity index (χ0v) is 20.2. The van der Waals surface area contributed by atoms with E-state index in [2.05, 4.69) is 143 Å². The summed E-state index contributed by atoms with van der Waals surface area (Å²) < 4.78 is 0. The van der Waals surface area contributed by atoms with Crippen LogP contribution in [0, 0.1) is 0 Å². The van der Waals surface area contributed by atoms with Crippen molar-refractivity contribution in [1.29, 1.82) is 0 Å². The Morgan fingerprint density at radius 3 is 1.07 bits per heavy atom. The fourth-order valence-corrected chi connectivity index (χ4v) is 22.0. The van der Waals surface area contributed by atoms with E-state index in [1.54, 1.807) is 0 Å². The van der Waals surface area contributed by atoms with Crippen LogP contribution in [0.15, 0.2) is 121 Å². The van der Waals surface area contributed by atoms with E-state index in [4.69, 9.17) is 0 Å². The van der Waals surface area contributed by atoms with Crippen molar-refractivity contribution in [3.63, 3.8) is 0 Å². The van der Waals surface area contributed by atoms with Crippen LogP contribution in [-0.2, 0) is 0 Å². The van der Waals surface area contributed by atoms with Crippen LogP contribution < -0.4 is 20.7 Å². The van der Waals surface area contributed by atoms with Gasteiger partial charge < -0.3 is 0 Å². The second-order valence-electron chi connectivity index (χ2n) is 7.77. The fraction of sp³-hybridized carbons (Fsp3) is 0.0769. The smallest absolute Gasteiger partial charge is 0.114 e. The molecule has 4 aromatic carbocycles. The molecular weight excluding hydrogens is 448 g/mol. The summed E-state index contributed by atoms with van der Waals surface area (Å²) in [6, 6.07) is 44.4. The minimum absolute atomic E-state index is 1.17. The van der Waals surface area contributed by atoms with E-state index in [9.17, 15) is 0 Å². The molecule has 0 heterocycles. The summed E-state index contributed by atoms with van der Waals surface area (Å²) in [5.74, 6) is 0. The molecule has 0 bridgehead atoms. The maximum Gasteiger partial charge on any atom is 0.189 e. The third kappa shape index (κ3) is 4.08. The number of benzene rings is 4. The number of halogens is 1. The van der Waals surface area contributed by atoms with Crippen LogP contribution in [0.25, 0.3) is 0 Å². The van der Waals surface area contributed by atoms with Gasteiger partial charge in [0.05, 0.1) is 0 Å². The summed E-state index contributed by atoms with van der Waals surface area (Å²) in [7, 11) is -1.99. The van der Waals surface area contributed by atoms with Gasteiger partial charge in [-0.2, -0.15) is 0 Å². The molecule has 29 heavy (non-hydrogen) atoms. The van der Waals surface area contributed by atoms with Crippen molar-refractivity contribution in [3.05, 3.63) is 121 Å². The van der Waals surface area contributed by atoms with Crippen molar-refractivity contribution in [2.24, 2.45) is 0 Å². The van der Waals surface area contributed by atoms with Gasteiger partial charge in [-0.25, -0.2) is 0 Å². The highest BCUT2D eigenvalue weighted by atomic mass is 79.9. The molecule has 0 aliphatic heterocycles. The SMILES string of the molecule is C[Si](C[Si](Br)(c1ccccc1)c1ccccc1)(c1ccccc1)c1ccccc1. The lowest BCUT2D eigenvalue weighted by Crippen LogP contribution is -2.66. The highest BCUT2D eigenvalue weighted by molar-refractivity contribution is 9.27. The lowest BCUT2D eigenvalue weighted by Gasteiger charge is -2.37. The van der Waals surface area contributed by atoms with E-state index in [0.717, 1.165) is 0 Å². The van der Waals surface area contributed by atoms with E-state index in [-0.39, 0.29) is 0 Å². The predicted octanol–water partition coefficient (Wildman–Crippen LogP) is 4.57. The second-order valence-corrected chi connectivity index (χ2v) is 19.8. The lowest BCUT2D eigenvalue weighted by atomic mass is 10.4. The topological polar surface area (TPSA) is 0 Å². The minimum Gasteiger partial charge on any atom is -0.114 e. The molecule has 0 nitrogen and oxygen atoms in total. The van der Waals surface area contributed by atoms with Crippen molar-refractivity contribution >= 4 is 50.8 Å². The van der Waals surface area contributed by atoms with Gasteiger partial charge in [-0.1, -0.05) is 138 Å². The van der Waals surface area contributed by atoms with Crippen LogP contribution in [0.4, 0.5) is 0 Å². The van der Waals surface area contributed by atoms with Gasteiger partial charge in [0.2, 0.25) is 0 Å². The first-order valence-corrected chi connectivity index (χ1v) is 17.2. The summed E-state index contributed by atoms with van der Waals surface area (Å²) in [4.78, 5) is 0. The molecule has 0 atom stereocenters. The number of hydrogen-bond acceptors (Lipinski definition) is 0. The largest absolute Gasteiger partial charge is 0.189 e. The van der Waals surface area contributed by atoms with Gasteiger partial charge in [0.15, 0.2) is 6.69 Å². The molecule has 0 N–H and O–H groups in total. The van der Waals surface area contributed by atoms with Crippen molar-refractivity contribution in [3.8, 4) is 0 Å². The van der Waals surface area contributed by atoms with E-state index >= 15 is 0 Å². The van der Waals surface area contributed by atoms with Gasteiger partial charge in [0, 0.05) is 0 Å². The summed E-state index contributed by atoms with van der Waals surface area (Å²) in [6.45, 7) is 0.406. The Morgan fingerprint density at radius 2 is 0.759 bits per heavy atom. The number of hydrogen-bond donors (Lipinski definition) is 0. The van der Waals surface area contributed by atoms with Gasteiger partial charge in [-0.3, -0.25) is 0 Å². The average molecular weight is 474 g/mol. The van der Waals surface area contributed by atoms with E-state index in [0.29, 0.717) is 0 Å². The minimum atomic E-state index is -2.13. The molecule has 3 heteroatoms. The van der Waals surface area contributed by atoms with Gasteiger partial charge >= 0.3 is 0 Å². The Hall–Kier alpha value is -2.21. The first kappa shape index (κ1) is 20.1. The molecule has 144 valence electrons. The van der Waals surface area contributed by atoms with Crippen LogP contribution in [0.1, 0.15) is 0 Å². The Labute approximate surface area is 183 Å². The van der Waals surface area contributed by atoms with Gasteiger partial charge in [0.1, 0.15) is 8.07 Å². The van der Waals surface area contributed by atoms with Crippen molar-refractivity contribution in [2.75, 3.05) is 0 Å². The third-order valence-corrected chi connectivity index (χ3v) is 21.6. The molecule has 0 aliphatic carbocycles. The third-order valence-electron chi connectivity index (χ3n) is 5.88. The number of rotatable bonds is 6. The molecule has 4 rings (SSSR count). The molecule has 0 spiro atoms. The molecular formula is C26H25BrSi2. The van der Waals surface area contributed by atoms with Crippen LogP contribution in [0.2, 0.25) is 12.2 Å². The van der Waals surface area contributed by atoms with E-state index in [1.807, 2.05) is 0 Å². The van der Waals surface area contributed by atoms with Crippen LogP contribution in [0.3, 0.4) is 0 Å². The normalized spacial score (nSPS) is 11.9. The second kappa shape index (κ2) is 8.66. The van der Waals surface area contributed by atoms with Crippen LogP contribution >= 0.6 is 15.3 Å². The Kier molecular flexibility index (Phi) is 6.00. The molecule has 4 aromatic rings. The monoisotopic (exact) mass is 472 g/mol. The molecule has 0 radical (unpaired) electrons. The summed E-state index contributed by atoms with van der Waals surface area (Å²) in [5.41, 5.74) is 1.17. The maximum atomic E-state index is 4.41. The van der Waals surface area contributed by atoms with Crippen LogP contribution in [0.5, 0.6) is 0 Å². The summed E-state index contributed by atoms with van der Waals surface area (Å²) >= 11 is 4.41. The highest BCUT2D eigenvalue weighted by Crippen LogP contribution is 2.26. The highest BCUT2D eigenvalue weighted by Gasteiger charge is 2.44. The zero-order valence-electron chi connectivity index (χ0n) is 16.6. The Morgan fingerprint density at radius 1 is 0.483 bits per heavy atom.